The summed E-state index contributed by atoms with van der Waals surface area (Å²) in [6, 6.07) is 0. The van der Waals surface area contributed by atoms with Gasteiger partial charge < -0.3 is 14.9 Å². The summed E-state index contributed by atoms with van der Waals surface area (Å²) in [5, 5.41) is 18.7. The van der Waals surface area contributed by atoms with Gasteiger partial charge in [-0.1, -0.05) is 13.8 Å². The number of rotatable bonds is 4. The number of hydrogen-bond acceptors (Lipinski definition) is 3. The summed E-state index contributed by atoms with van der Waals surface area (Å²) in [5.41, 5.74) is -1.11. The van der Waals surface area contributed by atoms with Gasteiger partial charge in [-0.25, -0.2) is 4.79 Å². The fourth-order valence-electron chi connectivity index (χ4n) is 2.28. The highest BCUT2D eigenvalue weighted by Gasteiger charge is 2.51. The molecule has 4 heteroatoms. The summed E-state index contributed by atoms with van der Waals surface area (Å²) >= 11 is 0. The maximum Gasteiger partial charge on any atom is 0.336 e. The number of aliphatic hydroxyl groups excluding tert-OH is 1. The molecule has 1 saturated carbocycles. The fourth-order valence-corrected chi connectivity index (χ4v) is 2.28. The first-order chi connectivity index (χ1) is 7.18. The second-order valence-electron chi connectivity index (χ2n) is 5.70. The van der Waals surface area contributed by atoms with E-state index in [-0.39, 0.29) is 5.41 Å². The number of hydrogen-bond donors (Lipinski definition) is 2. The van der Waals surface area contributed by atoms with Gasteiger partial charge in [-0.2, -0.15) is 0 Å². The van der Waals surface area contributed by atoms with E-state index >= 15 is 0 Å². The van der Waals surface area contributed by atoms with Crippen LogP contribution in [0.2, 0.25) is 0 Å². The Morgan fingerprint density at radius 1 is 1.31 bits per heavy atom. The molecule has 0 heterocycles. The molecule has 0 bridgehead atoms. The number of carboxylic acid groups (broad SMARTS) is 1. The van der Waals surface area contributed by atoms with Crippen molar-refractivity contribution in [2.24, 2.45) is 5.41 Å². The van der Waals surface area contributed by atoms with E-state index in [4.69, 9.17) is 4.74 Å². The van der Waals surface area contributed by atoms with Crippen LogP contribution in [0.5, 0.6) is 0 Å². The zero-order valence-corrected chi connectivity index (χ0v) is 10.5. The van der Waals surface area contributed by atoms with Crippen molar-refractivity contribution in [2.45, 2.75) is 64.8 Å². The van der Waals surface area contributed by atoms with E-state index in [0.717, 1.165) is 6.42 Å². The number of carboxylic acids is 1. The fraction of sp³-hybridized carbons (Fsp3) is 0.917. The molecule has 1 rings (SSSR count). The average molecular weight is 230 g/mol. The normalized spacial score (nSPS) is 32.3. The molecule has 0 amide bonds. The molecule has 0 radical (unpaired) electrons. The van der Waals surface area contributed by atoms with Crippen molar-refractivity contribution in [3.63, 3.8) is 0 Å². The van der Waals surface area contributed by atoms with Crippen LogP contribution in [0.15, 0.2) is 0 Å². The third-order valence-electron chi connectivity index (χ3n) is 3.45. The molecule has 16 heavy (non-hydrogen) atoms. The van der Waals surface area contributed by atoms with Crippen molar-refractivity contribution in [3.05, 3.63) is 0 Å². The van der Waals surface area contributed by atoms with Crippen molar-refractivity contribution in [2.75, 3.05) is 0 Å². The standard InChI is InChI=1S/C12H22O4/c1-8(13)9(2)16-12(10(14)15)6-5-11(3,4)7-12/h8-9,13H,5-7H2,1-4H3,(H,14,15). The number of aliphatic carboxylic acids is 1. The molecule has 0 saturated heterocycles. The molecule has 0 aliphatic heterocycles. The van der Waals surface area contributed by atoms with Gasteiger partial charge in [0.15, 0.2) is 5.60 Å². The number of ether oxygens (including phenoxy) is 1. The first-order valence-electron chi connectivity index (χ1n) is 5.78. The zero-order chi connectivity index (χ0) is 12.6. The van der Waals surface area contributed by atoms with Crippen molar-refractivity contribution in [3.8, 4) is 0 Å². The van der Waals surface area contributed by atoms with Crippen molar-refractivity contribution in [1.82, 2.24) is 0 Å². The van der Waals surface area contributed by atoms with Gasteiger partial charge in [0.05, 0.1) is 12.2 Å². The van der Waals surface area contributed by atoms with Crippen LogP contribution >= 0.6 is 0 Å². The summed E-state index contributed by atoms with van der Waals surface area (Å²) in [5.74, 6) is -0.912. The van der Waals surface area contributed by atoms with Gasteiger partial charge in [-0.3, -0.25) is 0 Å². The van der Waals surface area contributed by atoms with E-state index < -0.39 is 23.8 Å². The Kier molecular flexibility index (Phi) is 3.65. The van der Waals surface area contributed by atoms with E-state index in [1.165, 1.54) is 0 Å². The van der Waals surface area contributed by atoms with Crippen LogP contribution in [0, 0.1) is 5.41 Å². The Balaban J connectivity index is 2.80. The first-order valence-corrected chi connectivity index (χ1v) is 5.78. The van der Waals surface area contributed by atoms with E-state index in [9.17, 15) is 15.0 Å². The van der Waals surface area contributed by atoms with Crippen LogP contribution in [-0.2, 0) is 9.53 Å². The summed E-state index contributed by atoms with van der Waals surface area (Å²) in [6.07, 6.45) is 0.759. The van der Waals surface area contributed by atoms with Gasteiger partial charge in [0.1, 0.15) is 0 Å². The van der Waals surface area contributed by atoms with Gasteiger partial charge in [0.25, 0.3) is 0 Å². The lowest BCUT2D eigenvalue weighted by Gasteiger charge is -2.31. The van der Waals surface area contributed by atoms with Crippen LogP contribution in [0.1, 0.15) is 47.0 Å². The van der Waals surface area contributed by atoms with E-state index in [1.807, 2.05) is 13.8 Å². The number of aliphatic hydroxyl groups is 1. The van der Waals surface area contributed by atoms with Crippen LogP contribution in [0.4, 0.5) is 0 Å². The van der Waals surface area contributed by atoms with Crippen molar-refractivity contribution >= 4 is 5.97 Å². The highest BCUT2D eigenvalue weighted by Crippen LogP contribution is 2.46. The summed E-state index contributed by atoms with van der Waals surface area (Å²) in [4.78, 5) is 11.4. The van der Waals surface area contributed by atoms with Crippen LogP contribution in [0.25, 0.3) is 0 Å². The van der Waals surface area contributed by atoms with Crippen LogP contribution in [-0.4, -0.2) is 34.0 Å². The zero-order valence-electron chi connectivity index (χ0n) is 10.5. The summed E-state index contributed by atoms with van der Waals surface area (Å²) < 4.78 is 5.61. The molecule has 1 aliphatic carbocycles. The maximum absolute atomic E-state index is 11.4. The average Bonchev–Trinajstić information content (AvgIpc) is 2.42. The van der Waals surface area contributed by atoms with Crippen molar-refractivity contribution in [1.29, 1.82) is 0 Å². The van der Waals surface area contributed by atoms with Gasteiger partial charge in [0, 0.05) is 0 Å². The predicted octanol–water partition coefficient (Wildman–Crippen LogP) is 1.81. The SMILES string of the molecule is CC(O)C(C)OC1(C(=O)O)CCC(C)(C)C1. The molecule has 0 spiro atoms. The molecule has 2 N–H and O–H groups in total. The topological polar surface area (TPSA) is 66.8 Å². The van der Waals surface area contributed by atoms with Crippen molar-refractivity contribution < 1.29 is 19.7 Å². The Morgan fingerprint density at radius 2 is 1.88 bits per heavy atom. The molecule has 3 atom stereocenters. The molecule has 0 aromatic carbocycles. The number of carbonyl (C=O) groups is 1. The highest BCUT2D eigenvalue weighted by atomic mass is 16.5. The third-order valence-corrected chi connectivity index (χ3v) is 3.45. The minimum Gasteiger partial charge on any atom is -0.479 e. The monoisotopic (exact) mass is 230 g/mol. The van der Waals surface area contributed by atoms with Gasteiger partial charge in [-0.05, 0) is 38.5 Å². The first kappa shape index (κ1) is 13.5. The molecule has 1 aliphatic rings. The van der Waals surface area contributed by atoms with Gasteiger partial charge in [-0.15, -0.1) is 0 Å². The third kappa shape index (κ3) is 2.74. The predicted molar refractivity (Wildman–Crippen MR) is 60.2 cm³/mol. The second kappa shape index (κ2) is 4.34. The Morgan fingerprint density at radius 3 is 2.19 bits per heavy atom. The van der Waals surface area contributed by atoms with Crippen LogP contribution < -0.4 is 0 Å². The van der Waals surface area contributed by atoms with E-state index in [0.29, 0.717) is 12.8 Å². The molecular formula is C12H22O4. The Hall–Kier alpha value is -0.610. The van der Waals surface area contributed by atoms with E-state index in [1.54, 1.807) is 13.8 Å². The smallest absolute Gasteiger partial charge is 0.336 e. The Bertz CT molecular complexity index is 272. The van der Waals surface area contributed by atoms with E-state index in [2.05, 4.69) is 0 Å². The molecule has 94 valence electrons. The van der Waals surface area contributed by atoms with Gasteiger partial charge in [0.2, 0.25) is 0 Å². The Labute approximate surface area is 96.6 Å². The quantitative estimate of drug-likeness (QED) is 0.773. The molecule has 1 fully saturated rings. The minimum absolute atomic E-state index is 0.00317. The lowest BCUT2D eigenvalue weighted by atomic mass is 9.89. The second-order valence-corrected chi connectivity index (χ2v) is 5.70. The largest absolute Gasteiger partial charge is 0.479 e. The summed E-state index contributed by atoms with van der Waals surface area (Å²) in [6.45, 7) is 7.42. The highest BCUT2D eigenvalue weighted by molar-refractivity contribution is 5.78. The summed E-state index contributed by atoms with van der Waals surface area (Å²) in [7, 11) is 0. The molecule has 3 unspecified atom stereocenters. The van der Waals surface area contributed by atoms with Gasteiger partial charge >= 0.3 is 5.97 Å². The molecule has 0 aromatic rings. The minimum atomic E-state index is -1.11. The molecular weight excluding hydrogens is 208 g/mol. The lowest BCUT2D eigenvalue weighted by Crippen LogP contribution is -2.44. The van der Waals surface area contributed by atoms with Crippen LogP contribution in [0.3, 0.4) is 0 Å². The lowest BCUT2D eigenvalue weighted by molar-refractivity contribution is -0.180. The molecule has 0 aromatic heterocycles. The molecule has 4 nitrogen and oxygen atoms in total. The maximum atomic E-state index is 11.4.